The maximum atomic E-state index is 12.9. The van der Waals surface area contributed by atoms with Crippen LogP contribution >= 0.6 is 0 Å². The van der Waals surface area contributed by atoms with Crippen molar-refractivity contribution in [3.63, 3.8) is 0 Å². The zero-order valence-electron chi connectivity index (χ0n) is 16.5. The van der Waals surface area contributed by atoms with E-state index in [-0.39, 0.29) is 24.3 Å². The van der Waals surface area contributed by atoms with Crippen LogP contribution in [-0.4, -0.2) is 64.9 Å². The Morgan fingerprint density at radius 3 is 2.26 bits per heavy atom. The molecule has 1 saturated heterocycles. The van der Waals surface area contributed by atoms with Crippen molar-refractivity contribution >= 4 is 23.7 Å². The van der Waals surface area contributed by atoms with Crippen molar-refractivity contribution in [3.8, 4) is 0 Å². The van der Waals surface area contributed by atoms with Crippen LogP contribution in [0.4, 0.5) is 0 Å². The van der Waals surface area contributed by atoms with E-state index in [2.05, 4.69) is 10.6 Å². The Morgan fingerprint density at radius 2 is 1.78 bits per heavy atom. The van der Waals surface area contributed by atoms with Crippen LogP contribution in [0, 0.1) is 11.8 Å². The van der Waals surface area contributed by atoms with Crippen molar-refractivity contribution in [2.75, 3.05) is 13.1 Å². The third kappa shape index (κ3) is 5.92. The molecule has 5 N–H and O–H groups in total. The van der Waals surface area contributed by atoms with Gasteiger partial charge in [0.15, 0.2) is 0 Å². The number of nitrogens with one attached hydrogen (secondary N) is 2. The van der Waals surface area contributed by atoms with E-state index >= 15 is 0 Å². The second-order valence-electron chi connectivity index (χ2n) is 7.39. The number of aliphatic carboxylic acids is 1. The molecule has 0 aromatic rings. The molecule has 1 aliphatic heterocycles. The molecule has 0 bridgehead atoms. The van der Waals surface area contributed by atoms with E-state index in [1.54, 1.807) is 20.8 Å². The Morgan fingerprint density at radius 1 is 1.15 bits per heavy atom. The first-order valence-electron chi connectivity index (χ1n) is 9.47. The van der Waals surface area contributed by atoms with Gasteiger partial charge in [-0.25, -0.2) is 4.79 Å². The summed E-state index contributed by atoms with van der Waals surface area (Å²) in [5.74, 6) is -2.76. The Kier molecular flexibility index (Phi) is 8.68. The molecule has 4 unspecified atom stereocenters. The van der Waals surface area contributed by atoms with Gasteiger partial charge in [0.25, 0.3) is 0 Å². The van der Waals surface area contributed by atoms with Gasteiger partial charge in [-0.2, -0.15) is 0 Å². The first-order valence-corrected chi connectivity index (χ1v) is 9.47. The van der Waals surface area contributed by atoms with Crippen molar-refractivity contribution < 1.29 is 24.3 Å². The topological polar surface area (TPSA) is 142 Å². The number of nitrogens with two attached hydrogens (primary N) is 1. The minimum atomic E-state index is -1.09. The fourth-order valence-corrected chi connectivity index (χ4v) is 3.16. The van der Waals surface area contributed by atoms with Crippen LogP contribution in [0.15, 0.2) is 0 Å². The van der Waals surface area contributed by atoms with E-state index < -0.39 is 35.9 Å². The van der Waals surface area contributed by atoms with Gasteiger partial charge < -0.3 is 26.4 Å². The summed E-state index contributed by atoms with van der Waals surface area (Å²) in [4.78, 5) is 50.2. The fraction of sp³-hybridized carbons (Fsp3) is 0.778. The highest BCUT2D eigenvalue weighted by molar-refractivity contribution is 5.94. The Bertz CT molecular complexity index is 566. The van der Waals surface area contributed by atoms with E-state index in [1.807, 2.05) is 6.92 Å². The average molecular weight is 384 g/mol. The fourth-order valence-electron chi connectivity index (χ4n) is 3.16. The quantitative estimate of drug-likeness (QED) is 0.430. The lowest BCUT2D eigenvalue weighted by Gasteiger charge is -2.31. The summed E-state index contributed by atoms with van der Waals surface area (Å²) >= 11 is 0. The molecular weight excluding hydrogens is 352 g/mol. The van der Waals surface area contributed by atoms with E-state index in [0.717, 1.165) is 0 Å². The highest BCUT2D eigenvalue weighted by Gasteiger charge is 2.40. The van der Waals surface area contributed by atoms with E-state index in [0.29, 0.717) is 25.8 Å². The molecule has 154 valence electrons. The van der Waals surface area contributed by atoms with Gasteiger partial charge >= 0.3 is 5.97 Å². The standard InChI is InChI=1S/C18H32N4O5/c1-5-11(4)15(18(26)27)21-16(24)12-7-6-8-22(12)17(25)14(10(2)3)20-13(23)9-19/h10-12,14-15H,5-9,19H2,1-4H3,(H,20,23)(H,21,24)(H,26,27). The van der Waals surface area contributed by atoms with Gasteiger partial charge in [-0.05, 0) is 24.7 Å². The number of carbonyl (C=O) groups is 4. The average Bonchev–Trinajstić information content (AvgIpc) is 3.11. The highest BCUT2D eigenvalue weighted by Crippen LogP contribution is 2.21. The first-order chi connectivity index (χ1) is 12.6. The molecule has 1 rings (SSSR count). The minimum absolute atomic E-state index is 0.177. The smallest absolute Gasteiger partial charge is 0.326 e. The maximum absolute atomic E-state index is 12.9. The van der Waals surface area contributed by atoms with Crippen LogP contribution in [0.3, 0.4) is 0 Å². The first kappa shape index (κ1) is 22.9. The summed E-state index contributed by atoms with van der Waals surface area (Å²) in [6.45, 7) is 7.37. The van der Waals surface area contributed by atoms with Crippen molar-refractivity contribution in [2.24, 2.45) is 17.6 Å². The number of amides is 3. The predicted molar refractivity (Wildman–Crippen MR) is 99.6 cm³/mol. The minimum Gasteiger partial charge on any atom is -0.480 e. The Balaban J connectivity index is 2.92. The predicted octanol–water partition coefficient (Wildman–Crippen LogP) is -0.308. The lowest BCUT2D eigenvalue weighted by atomic mass is 9.98. The Hall–Kier alpha value is -2.16. The molecule has 0 radical (unpaired) electrons. The van der Waals surface area contributed by atoms with Gasteiger partial charge in [0.1, 0.15) is 18.1 Å². The zero-order valence-corrected chi connectivity index (χ0v) is 16.5. The van der Waals surface area contributed by atoms with Gasteiger partial charge in [-0.3, -0.25) is 14.4 Å². The molecule has 27 heavy (non-hydrogen) atoms. The van der Waals surface area contributed by atoms with Crippen LogP contribution in [0.1, 0.15) is 47.0 Å². The van der Waals surface area contributed by atoms with Crippen molar-refractivity contribution in [3.05, 3.63) is 0 Å². The van der Waals surface area contributed by atoms with Crippen LogP contribution in [-0.2, 0) is 19.2 Å². The summed E-state index contributed by atoms with van der Waals surface area (Å²) in [7, 11) is 0. The number of carboxylic acids is 1. The second kappa shape index (κ2) is 10.2. The largest absolute Gasteiger partial charge is 0.480 e. The summed E-state index contributed by atoms with van der Waals surface area (Å²) in [5.41, 5.74) is 5.32. The van der Waals surface area contributed by atoms with Crippen molar-refractivity contribution in [2.45, 2.75) is 65.1 Å². The third-order valence-corrected chi connectivity index (χ3v) is 5.05. The van der Waals surface area contributed by atoms with Gasteiger partial charge in [0.2, 0.25) is 17.7 Å². The lowest BCUT2D eigenvalue weighted by Crippen LogP contribution is -2.57. The van der Waals surface area contributed by atoms with Gasteiger partial charge in [-0.15, -0.1) is 0 Å². The lowest BCUT2D eigenvalue weighted by molar-refractivity contribution is -0.146. The van der Waals surface area contributed by atoms with Crippen LogP contribution in [0.25, 0.3) is 0 Å². The molecule has 1 fully saturated rings. The molecule has 1 aliphatic rings. The number of hydrogen-bond acceptors (Lipinski definition) is 5. The van der Waals surface area contributed by atoms with Gasteiger partial charge in [0, 0.05) is 6.54 Å². The van der Waals surface area contributed by atoms with Crippen LogP contribution in [0.2, 0.25) is 0 Å². The SMILES string of the molecule is CCC(C)C(NC(=O)C1CCCN1C(=O)C(NC(=O)CN)C(C)C)C(=O)O. The molecule has 3 amide bonds. The van der Waals surface area contributed by atoms with E-state index in [1.165, 1.54) is 4.90 Å². The molecule has 1 heterocycles. The van der Waals surface area contributed by atoms with Crippen LogP contribution in [0.5, 0.6) is 0 Å². The van der Waals surface area contributed by atoms with Crippen LogP contribution < -0.4 is 16.4 Å². The van der Waals surface area contributed by atoms with Crippen molar-refractivity contribution in [1.82, 2.24) is 15.5 Å². The number of nitrogens with zero attached hydrogens (tertiary/aromatic N) is 1. The summed E-state index contributed by atoms with van der Waals surface area (Å²) < 4.78 is 0. The number of carbonyl (C=O) groups excluding carboxylic acids is 3. The highest BCUT2D eigenvalue weighted by atomic mass is 16.4. The Labute approximate surface area is 160 Å². The number of carboxylic acid groups (broad SMARTS) is 1. The molecule has 0 aromatic carbocycles. The molecule has 9 nitrogen and oxygen atoms in total. The number of hydrogen-bond donors (Lipinski definition) is 4. The zero-order chi connectivity index (χ0) is 20.7. The van der Waals surface area contributed by atoms with Crippen molar-refractivity contribution in [1.29, 1.82) is 0 Å². The molecule has 4 atom stereocenters. The molecular formula is C18H32N4O5. The monoisotopic (exact) mass is 384 g/mol. The van der Waals surface area contributed by atoms with Gasteiger partial charge in [0.05, 0.1) is 6.54 Å². The number of likely N-dealkylation sites (tertiary alicyclic amines) is 1. The third-order valence-electron chi connectivity index (χ3n) is 5.05. The second-order valence-corrected chi connectivity index (χ2v) is 7.39. The molecule has 0 aromatic heterocycles. The van der Waals surface area contributed by atoms with Gasteiger partial charge in [-0.1, -0.05) is 34.1 Å². The van der Waals surface area contributed by atoms with E-state index in [9.17, 15) is 24.3 Å². The normalized spacial score (nSPS) is 20.1. The molecule has 0 aliphatic carbocycles. The molecule has 0 spiro atoms. The summed E-state index contributed by atoms with van der Waals surface area (Å²) in [6, 6.07) is -2.52. The number of rotatable bonds is 9. The molecule has 0 saturated carbocycles. The maximum Gasteiger partial charge on any atom is 0.326 e. The molecule has 9 heteroatoms. The van der Waals surface area contributed by atoms with E-state index in [4.69, 9.17) is 5.73 Å². The summed E-state index contributed by atoms with van der Waals surface area (Å²) in [5, 5.41) is 14.6. The summed E-state index contributed by atoms with van der Waals surface area (Å²) in [6.07, 6.45) is 1.70.